The van der Waals surface area contributed by atoms with E-state index in [4.69, 9.17) is 0 Å². The molecule has 0 unspecified atom stereocenters. The van der Waals surface area contributed by atoms with E-state index in [0.717, 1.165) is 50.0 Å². The van der Waals surface area contributed by atoms with Gasteiger partial charge in [0.2, 0.25) is 11.8 Å². The average Bonchev–Trinajstić information content (AvgIpc) is 3.42. The van der Waals surface area contributed by atoms with Crippen LogP contribution in [0.4, 0.5) is 5.69 Å². The summed E-state index contributed by atoms with van der Waals surface area (Å²) in [5.74, 6) is -1.04. The maximum absolute atomic E-state index is 13.4. The Morgan fingerprint density at radius 1 is 0.848 bits per heavy atom. The third-order valence-electron chi connectivity index (χ3n) is 6.60. The molecule has 0 N–H and O–H groups in total. The average molecular weight is 466 g/mol. The van der Waals surface area contributed by atoms with E-state index in [2.05, 4.69) is 0 Å². The van der Waals surface area contributed by atoms with Crippen LogP contribution in [-0.4, -0.2) is 55.1 Å². The van der Waals surface area contributed by atoms with Gasteiger partial charge >= 0.3 is 0 Å². The third kappa shape index (κ3) is 4.15. The molecule has 0 spiro atoms. The molecule has 3 aromatic rings. The number of aromatic nitrogens is 1. The quantitative estimate of drug-likeness (QED) is 0.580. The van der Waals surface area contributed by atoms with Crippen molar-refractivity contribution in [2.24, 2.45) is 0 Å². The molecule has 0 saturated carbocycles. The van der Waals surface area contributed by atoms with Gasteiger partial charge in [0.15, 0.2) is 9.84 Å². The Morgan fingerprint density at radius 2 is 1.58 bits per heavy atom. The lowest BCUT2D eigenvalue weighted by atomic mass is 10.1. The van der Waals surface area contributed by atoms with Crippen LogP contribution in [0.25, 0.3) is 10.9 Å². The van der Waals surface area contributed by atoms with Crippen molar-refractivity contribution < 1.29 is 18.0 Å². The molecule has 1 saturated heterocycles. The normalized spacial score (nSPS) is 16.2. The predicted molar refractivity (Wildman–Crippen MR) is 127 cm³/mol. The smallest absolute Gasteiger partial charge is 0.242 e. The molecular formula is C25H27N3O4S. The van der Waals surface area contributed by atoms with Crippen molar-refractivity contribution in [2.45, 2.75) is 37.1 Å². The molecule has 2 aromatic carbocycles. The van der Waals surface area contributed by atoms with Gasteiger partial charge < -0.3 is 14.4 Å². The van der Waals surface area contributed by atoms with E-state index in [1.165, 1.54) is 6.20 Å². The highest BCUT2D eigenvalue weighted by Gasteiger charge is 2.31. The standard InChI is InChI=1S/C25H27N3O4S/c29-24(26-13-6-1-7-14-26)17-27-16-23(20-9-3-5-11-22(20)27)33(31,32)18-25(30)28-15-12-19-8-2-4-10-21(19)28/h2-5,8-11,16H,1,6-7,12-15,17-18H2. The van der Waals surface area contributed by atoms with Gasteiger partial charge in [-0.15, -0.1) is 0 Å². The van der Waals surface area contributed by atoms with Gasteiger partial charge in [0.1, 0.15) is 12.3 Å². The largest absolute Gasteiger partial charge is 0.341 e. The highest BCUT2D eigenvalue weighted by molar-refractivity contribution is 7.92. The molecule has 5 rings (SSSR count). The second-order valence-corrected chi connectivity index (χ2v) is 10.7. The second-order valence-electron chi connectivity index (χ2n) is 8.76. The lowest BCUT2D eigenvalue weighted by Crippen LogP contribution is -2.37. The molecule has 33 heavy (non-hydrogen) atoms. The van der Waals surface area contributed by atoms with E-state index in [9.17, 15) is 18.0 Å². The number of hydrogen-bond donors (Lipinski definition) is 0. The van der Waals surface area contributed by atoms with Gasteiger partial charge in [-0.3, -0.25) is 9.59 Å². The number of nitrogens with zero attached hydrogens (tertiary/aromatic N) is 3. The number of carbonyl (C=O) groups is 2. The van der Waals surface area contributed by atoms with Crippen LogP contribution in [0.1, 0.15) is 24.8 Å². The summed E-state index contributed by atoms with van der Waals surface area (Å²) >= 11 is 0. The van der Waals surface area contributed by atoms with Crippen LogP contribution in [0.5, 0.6) is 0 Å². The van der Waals surface area contributed by atoms with E-state index in [1.54, 1.807) is 21.6 Å². The molecule has 2 aliphatic rings. The molecule has 3 heterocycles. The molecule has 2 aliphatic heterocycles. The van der Waals surface area contributed by atoms with Gasteiger partial charge in [-0.1, -0.05) is 36.4 Å². The first-order chi connectivity index (χ1) is 15.9. The van der Waals surface area contributed by atoms with Crippen LogP contribution in [0.2, 0.25) is 0 Å². The number of anilines is 1. The summed E-state index contributed by atoms with van der Waals surface area (Å²) in [5.41, 5.74) is 2.52. The van der Waals surface area contributed by atoms with Crippen molar-refractivity contribution in [1.29, 1.82) is 0 Å². The zero-order valence-corrected chi connectivity index (χ0v) is 19.3. The van der Waals surface area contributed by atoms with Crippen LogP contribution < -0.4 is 4.90 Å². The fourth-order valence-electron chi connectivity index (χ4n) is 4.90. The topological polar surface area (TPSA) is 79.7 Å². The van der Waals surface area contributed by atoms with E-state index in [-0.39, 0.29) is 17.3 Å². The SMILES string of the molecule is O=C(Cn1cc(S(=O)(=O)CC(=O)N2CCc3ccccc32)c2ccccc21)N1CCCCC1. The molecule has 8 heteroatoms. The molecule has 2 amide bonds. The molecule has 0 bridgehead atoms. The lowest BCUT2D eigenvalue weighted by molar-refractivity contribution is -0.132. The Kier molecular flexibility index (Phi) is 5.70. The predicted octanol–water partition coefficient (Wildman–Crippen LogP) is 3.02. The van der Waals surface area contributed by atoms with Crippen LogP contribution in [-0.2, 0) is 32.4 Å². The van der Waals surface area contributed by atoms with Gasteiger partial charge in [0.25, 0.3) is 0 Å². The summed E-state index contributed by atoms with van der Waals surface area (Å²) in [6.45, 7) is 2.06. The van der Waals surface area contributed by atoms with E-state index in [0.29, 0.717) is 17.4 Å². The highest BCUT2D eigenvalue weighted by atomic mass is 32.2. The van der Waals surface area contributed by atoms with E-state index >= 15 is 0 Å². The second kappa shape index (κ2) is 8.67. The van der Waals surface area contributed by atoms with Gasteiger partial charge in [0.05, 0.1) is 4.90 Å². The lowest BCUT2D eigenvalue weighted by Gasteiger charge is -2.27. The van der Waals surface area contributed by atoms with E-state index in [1.807, 2.05) is 41.3 Å². The number of para-hydroxylation sites is 2. The summed E-state index contributed by atoms with van der Waals surface area (Å²) in [4.78, 5) is 29.3. The number of fused-ring (bicyclic) bond motifs is 2. The minimum Gasteiger partial charge on any atom is -0.341 e. The maximum Gasteiger partial charge on any atom is 0.242 e. The summed E-state index contributed by atoms with van der Waals surface area (Å²) < 4.78 is 28.4. The molecular weight excluding hydrogens is 438 g/mol. The summed E-state index contributed by atoms with van der Waals surface area (Å²) in [6.07, 6.45) is 5.38. The van der Waals surface area contributed by atoms with Crippen molar-refractivity contribution in [3.8, 4) is 0 Å². The molecule has 1 fully saturated rings. The molecule has 1 aromatic heterocycles. The number of benzene rings is 2. The van der Waals surface area contributed by atoms with Gasteiger partial charge in [-0.25, -0.2) is 8.42 Å². The molecule has 7 nitrogen and oxygen atoms in total. The summed E-state index contributed by atoms with van der Waals surface area (Å²) in [5, 5.41) is 0.540. The number of sulfone groups is 1. The first-order valence-corrected chi connectivity index (χ1v) is 13.1. The first kappa shape index (κ1) is 21.7. The number of piperidine rings is 1. The van der Waals surface area contributed by atoms with Crippen molar-refractivity contribution >= 4 is 38.2 Å². The van der Waals surface area contributed by atoms with Crippen LogP contribution in [0.3, 0.4) is 0 Å². The Morgan fingerprint density at radius 3 is 2.39 bits per heavy atom. The maximum atomic E-state index is 13.4. The van der Waals surface area contributed by atoms with Crippen molar-refractivity contribution in [3.05, 3.63) is 60.3 Å². The van der Waals surface area contributed by atoms with Crippen molar-refractivity contribution in [3.63, 3.8) is 0 Å². The van der Waals surface area contributed by atoms with Crippen LogP contribution in [0, 0.1) is 0 Å². The summed E-state index contributed by atoms with van der Waals surface area (Å²) in [7, 11) is -3.90. The Balaban J connectivity index is 1.42. The minimum absolute atomic E-state index is 0.0100. The van der Waals surface area contributed by atoms with Gasteiger partial charge in [0, 0.05) is 42.4 Å². The van der Waals surface area contributed by atoms with Gasteiger partial charge in [-0.05, 0) is 43.4 Å². The third-order valence-corrected chi connectivity index (χ3v) is 8.23. The first-order valence-electron chi connectivity index (χ1n) is 11.4. The van der Waals surface area contributed by atoms with Crippen LogP contribution >= 0.6 is 0 Å². The van der Waals surface area contributed by atoms with Crippen LogP contribution in [0.15, 0.2) is 59.6 Å². The minimum atomic E-state index is -3.90. The van der Waals surface area contributed by atoms with Gasteiger partial charge in [-0.2, -0.15) is 0 Å². The number of rotatable bonds is 5. The molecule has 0 aliphatic carbocycles. The zero-order chi connectivity index (χ0) is 23.0. The molecule has 0 atom stereocenters. The molecule has 0 radical (unpaired) electrons. The highest BCUT2D eigenvalue weighted by Crippen LogP contribution is 2.30. The Hall–Kier alpha value is -3.13. The number of carbonyl (C=O) groups excluding carboxylic acids is 2. The molecule has 172 valence electrons. The number of hydrogen-bond acceptors (Lipinski definition) is 4. The Bertz CT molecular complexity index is 1320. The van der Waals surface area contributed by atoms with Crippen molar-refractivity contribution in [1.82, 2.24) is 9.47 Å². The van der Waals surface area contributed by atoms with Crippen molar-refractivity contribution in [2.75, 3.05) is 30.3 Å². The Labute approximate surface area is 193 Å². The fourth-order valence-corrected chi connectivity index (χ4v) is 6.33. The monoisotopic (exact) mass is 465 g/mol. The fraction of sp³-hybridized carbons (Fsp3) is 0.360. The summed E-state index contributed by atoms with van der Waals surface area (Å²) in [6, 6.07) is 14.7. The number of likely N-dealkylation sites (tertiary alicyclic amines) is 1. The zero-order valence-electron chi connectivity index (χ0n) is 18.4. The number of amides is 2. The van der Waals surface area contributed by atoms with E-state index < -0.39 is 21.5 Å².